The van der Waals surface area contributed by atoms with Gasteiger partial charge in [-0.2, -0.15) is 10.4 Å². The van der Waals surface area contributed by atoms with E-state index in [1.165, 1.54) is 13.2 Å². The monoisotopic (exact) mass is 519 g/mol. The van der Waals surface area contributed by atoms with E-state index in [0.29, 0.717) is 38.3 Å². The summed E-state index contributed by atoms with van der Waals surface area (Å²) < 4.78 is 25.7. The van der Waals surface area contributed by atoms with Crippen LogP contribution in [0.5, 0.6) is 5.75 Å². The highest BCUT2D eigenvalue weighted by Gasteiger charge is 2.36. The second kappa shape index (κ2) is 11.2. The highest BCUT2D eigenvalue weighted by molar-refractivity contribution is 5.81. The van der Waals surface area contributed by atoms with Crippen molar-refractivity contribution in [1.29, 1.82) is 5.26 Å². The number of nitriles is 1. The number of hydrogen-bond donors (Lipinski definition) is 0. The van der Waals surface area contributed by atoms with Crippen LogP contribution in [-0.2, 0) is 16.0 Å². The van der Waals surface area contributed by atoms with E-state index < -0.39 is 5.82 Å². The van der Waals surface area contributed by atoms with Crippen molar-refractivity contribution in [2.75, 3.05) is 44.8 Å². The summed E-state index contributed by atoms with van der Waals surface area (Å²) in [7, 11) is 1.42. The van der Waals surface area contributed by atoms with Crippen molar-refractivity contribution in [2.24, 2.45) is 10.2 Å². The molecule has 11 heteroatoms. The molecule has 2 saturated heterocycles. The van der Waals surface area contributed by atoms with Crippen LogP contribution in [0.2, 0.25) is 0 Å². The molecule has 0 spiro atoms. The number of methoxy groups -OCH3 is 1. The molecule has 0 bridgehead atoms. The molecule has 2 fully saturated rings. The molecule has 3 aliphatic rings. The zero-order valence-electron chi connectivity index (χ0n) is 21.5. The number of rotatable bonds is 5. The van der Waals surface area contributed by atoms with Gasteiger partial charge in [0.1, 0.15) is 35.4 Å². The number of aromatic nitrogens is 1. The van der Waals surface area contributed by atoms with Gasteiger partial charge in [0.05, 0.1) is 32.3 Å². The first-order chi connectivity index (χ1) is 18.5. The number of ether oxygens (including phenoxy) is 2. The molecule has 0 saturated carbocycles. The fourth-order valence-electron chi connectivity index (χ4n) is 5.07. The van der Waals surface area contributed by atoms with Gasteiger partial charge in [0.15, 0.2) is 0 Å². The Morgan fingerprint density at radius 3 is 2.89 bits per heavy atom. The minimum atomic E-state index is -0.617. The van der Waals surface area contributed by atoms with Crippen molar-refractivity contribution in [3.05, 3.63) is 53.0 Å². The topological polar surface area (TPSA) is 107 Å². The van der Waals surface area contributed by atoms with Crippen molar-refractivity contribution in [3.8, 4) is 11.8 Å². The molecular weight excluding hydrogens is 489 g/mol. The van der Waals surface area contributed by atoms with E-state index in [0.717, 1.165) is 17.8 Å². The number of amides is 1. The summed E-state index contributed by atoms with van der Waals surface area (Å²) in [6.45, 7) is 4.98. The van der Waals surface area contributed by atoms with Gasteiger partial charge < -0.3 is 19.3 Å². The number of fused-ring (bicyclic) bond motifs is 1. The van der Waals surface area contributed by atoms with Crippen LogP contribution < -0.4 is 9.64 Å². The summed E-state index contributed by atoms with van der Waals surface area (Å²) in [6, 6.07) is 8.95. The molecule has 198 valence electrons. The van der Waals surface area contributed by atoms with Gasteiger partial charge in [-0.05, 0) is 36.2 Å². The van der Waals surface area contributed by atoms with Crippen LogP contribution in [0.3, 0.4) is 0 Å². The molecule has 1 aromatic heterocycles. The van der Waals surface area contributed by atoms with E-state index >= 15 is 0 Å². The van der Waals surface area contributed by atoms with Crippen LogP contribution in [0, 0.1) is 17.1 Å². The molecule has 5 rings (SSSR count). The number of halogens is 1. The summed E-state index contributed by atoms with van der Waals surface area (Å²) >= 11 is 0. The zero-order chi connectivity index (χ0) is 26.6. The maximum Gasteiger partial charge on any atom is 0.227 e. The Labute approximate surface area is 221 Å². The number of anilines is 1. The lowest BCUT2D eigenvalue weighted by molar-refractivity contribution is -0.139. The lowest BCUT2D eigenvalue weighted by Gasteiger charge is -2.46. The number of hydrogen-bond acceptors (Lipinski definition) is 9. The highest BCUT2D eigenvalue weighted by atomic mass is 19.1. The van der Waals surface area contributed by atoms with Gasteiger partial charge >= 0.3 is 0 Å². The minimum absolute atomic E-state index is 0.0540. The number of pyridine rings is 1. The Hall–Kier alpha value is -3.88. The summed E-state index contributed by atoms with van der Waals surface area (Å²) in [5, 5.41) is 17.1. The van der Waals surface area contributed by atoms with E-state index in [1.807, 2.05) is 28.0 Å². The van der Waals surface area contributed by atoms with Crippen LogP contribution in [0.25, 0.3) is 0 Å². The first-order valence-electron chi connectivity index (χ1n) is 12.7. The second-order valence-electron chi connectivity index (χ2n) is 9.72. The first kappa shape index (κ1) is 25.8. The number of carbonyl (C=O) groups is 1. The normalized spacial score (nSPS) is 23.5. The third-order valence-electron chi connectivity index (χ3n) is 7.30. The van der Waals surface area contributed by atoms with Crippen LogP contribution in [0.15, 0.2) is 40.7 Å². The van der Waals surface area contributed by atoms with Crippen molar-refractivity contribution in [1.82, 2.24) is 14.8 Å². The van der Waals surface area contributed by atoms with Gasteiger partial charge in [-0.3, -0.25) is 9.69 Å². The van der Waals surface area contributed by atoms with E-state index in [1.54, 1.807) is 24.8 Å². The number of morpholine rings is 1. The van der Waals surface area contributed by atoms with Crippen molar-refractivity contribution >= 4 is 24.3 Å². The first-order valence-corrected chi connectivity index (χ1v) is 12.7. The van der Waals surface area contributed by atoms with E-state index in [9.17, 15) is 14.4 Å². The quantitative estimate of drug-likeness (QED) is 0.598. The van der Waals surface area contributed by atoms with E-state index in [-0.39, 0.29) is 41.8 Å². The predicted octanol–water partition coefficient (Wildman–Crippen LogP) is 2.54. The van der Waals surface area contributed by atoms with Crippen molar-refractivity contribution in [2.45, 2.75) is 38.0 Å². The van der Waals surface area contributed by atoms with Crippen LogP contribution in [-0.4, -0.2) is 85.2 Å². The molecule has 3 aliphatic heterocycles. The third kappa shape index (κ3) is 5.37. The second-order valence-corrected chi connectivity index (χ2v) is 9.72. The molecule has 1 aromatic carbocycles. The van der Waals surface area contributed by atoms with Crippen LogP contribution >= 0.6 is 0 Å². The van der Waals surface area contributed by atoms with Crippen molar-refractivity contribution in [3.63, 3.8) is 0 Å². The average Bonchev–Trinajstić information content (AvgIpc) is 3.16. The van der Waals surface area contributed by atoms with Gasteiger partial charge in [-0.1, -0.05) is 6.07 Å². The molecule has 0 N–H and O–H groups in total. The summed E-state index contributed by atoms with van der Waals surface area (Å²) in [4.78, 5) is 23.8. The maximum absolute atomic E-state index is 14.4. The standard InChI is InChI=1S/C27H30FN7O3/c1-18-5-6-31-32-17-35(18)26-4-3-19(13-30-26)9-27(36)34-8-7-33-15-25(38-16-21(33)14-34)20-10-23(28)22(12-29)24(11-20)37-2/h3-4,6,10-11,13,17-18,21,25H,5,7-9,14-16H2,1-2H3. The summed E-state index contributed by atoms with van der Waals surface area (Å²) in [5.74, 6) is 0.409. The van der Waals surface area contributed by atoms with Gasteiger partial charge in [0.2, 0.25) is 5.91 Å². The Balaban J connectivity index is 1.17. The molecule has 10 nitrogen and oxygen atoms in total. The largest absolute Gasteiger partial charge is 0.495 e. The molecule has 1 amide bonds. The maximum atomic E-state index is 14.4. The molecule has 0 aliphatic carbocycles. The minimum Gasteiger partial charge on any atom is -0.495 e. The summed E-state index contributed by atoms with van der Waals surface area (Å²) in [5.41, 5.74) is 1.38. The Kier molecular flexibility index (Phi) is 7.62. The lowest BCUT2D eigenvalue weighted by atomic mass is 10.0. The predicted molar refractivity (Wildman–Crippen MR) is 140 cm³/mol. The number of nitrogens with zero attached hydrogens (tertiary/aromatic N) is 7. The van der Waals surface area contributed by atoms with Gasteiger partial charge in [-0.15, -0.1) is 5.10 Å². The number of piperazine rings is 1. The highest BCUT2D eigenvalue weighted by Crippen LogP contribution is 2.32. The average molecular weight is 520 g/mol. The third-order valence-corrected chi connectivity index (χ3v) is 7.30. The molecule has 3 unspecified atom stereocenters. The Morgan fingerprint density at radius 2 is 2.13 bits per heavy atom. The van der Waals surface area contributed by atoms with Crippen LogP contribution in [0.4, 0.5) is 10.2 Å². The smallest absolute Gasteiger partial charge is 0.227 e. The van der Waals surface area contributed by atoms with Crippen molar-refractivity contribution < 1.29 is 18.7 Å². The fraction of sp³-hybridized carbons (Fsp3) is 0.444. The summed E-state index contributed by atoms with van der Waals surface area (Å²) in [6.07, 6.45) is 5.92. The molecule has 38 heavy (non-hydrogen) atoms. The SMILES string of the molecule is COc1cc(C2CN3CCN(C(=O)Cc4ccc(N5C=NN=CCC5C)nc4)CC3CO2)cc(F)c1C#N. The van der Waals surface area contributed by atoms with Gasteiger partial charge in [-0.25, -0.2) is 9.37 Å². The fourth-order valence-corrected chi connectivity index (χ4v) is 5.07. The van der Waals surface area contributed by atoms with Gasteiger partial charge in [0.25, 0.3) is 0 Å². The number of benzene rings is 1. The molecule has 0 radical (unpaired) electrons. The number of carbonyl (C=O) groups excluding carboxylic acids is 1. The Morgan fingerprint density at radius 1 is 1.26 bits per heavy atom. The van der Waals surface area contributed by atoms with Gasteiger partial charge in [0, 0.05) is 51.1 Å². The lowest BCUT2D eigenvalue weighted by Crippen LogP contribution is -2.59. The van der Waals surface area contributed by atoms with E-state index in [4.69, 9.17) is 9.47 Å². The molecular formula is C27H30FN7O3. The Bertz CT molecular complexity index is 1280. The van der Waals surface area contributed by atoms with E-state index in [2.05, 4.69) is 27.0 Å². The molecule has 4 heterocycles. The molecule has 3 atom stereocenters. The molecule has 2 aromatic rings. The zero-order valence-corrected chi connectivity index (χ0v) is 21.5. The van der Waals surface area contributed by atoms with Crippen LogP contribution in [0.1, 0.15) is 36.1 Å².